The Morgan fingerprint density at radius 1 is 1.29 bits per heavy atom. The second-order valence-electron chi connectivity index (χ2n) is 4.73. The van der Waals surface area contributed by atoms with E-state index in [2.05, 4.69) is 5.32 Å². The van der Waals surface area contributed by atoms with Gasteiger partial charge in [-0.05, 0) is 18.2 Å². The van der Waals surface area contributed by atoms with Crippen molar-refractivity contribution in [2.75, 3.05) is 26.3 Å². The molecule has 1 aliphatic rings. The summed E-state index contributed by atoms with van der Waals surface area (Å²) in [5, 5.41) is 3.26. The summed E-state index contributed by atoms with van der Waals surface area (Å²) in [4.78, 5) is 13.3. The molecule has 1 heterocycles. The van der Waals surface area contributed by atoms with E-state index in [0.29, 0.717) is 36.9 Å². The number of hydrogen-bond donors (Lipinski definition) is 2. The van der Waals surface area contributed by atoms with E-state index < -0.39 is 9.96 Å². The fourth-order valence-electron chi connectivity index (χ4n) is 2.18. The molecule has 2 rings (SSSR count). The Hall–Kier alpha value is -0.230. The monoisotopic (exact) mass is 371 g/mol. The first-order valence-electron chi connectivity index (χ1n) is 6.43. The molecule has 8 heteroatoms. The van der Waals surface area contributed by atoms with Crippen molar-refractivity contribution in [1.82, 2.24) is 5.32 Å². The van der Waals surface area contributed by atoms with Crippen molar-refractivity contribution in [1.29, 1.82) is 0 Å². The summed E-state index contributed by atoms with van der Waals surface area (Å²) in [6.07, 6.45) is -0.655. The van der Waals surface area contributed by atoms with Crippen LogP contribution >= 0.6 is 46.4 Å². The lowest BCUT2D eigenvalue weighted by Gasteiger charge is -2.35. The van der Waals surface area contributed by atoms with E-state index in [1.54, 1.807) is 24.3 Å². The van der Waals surface area contributed by atoms with Crippen molar-refractivity contribution in [3.63, 3.8) is 0 Å². The van der Waals surface area contributed by atoms with Crippen LogP contribution < -0.4 is 10.2 Å². The van der Waals surface area contributed by atoms with Crippen LogP contribution in [-0.4, -0.2) is 42.2 Å². The number of halogens is 4. The molecular formula is C13H15Cl4N2O2+. The zero-order valence-electron chi connectivity index (χ0n) is 11.0. The van der Waals surface area contributed by atoms with Gasteiger partial charge in [0.05, 0.1) is 13.2 Å². The van der Waals surface area contributed by atoms with Crippen molar-refractivity contribution in [2.24, 2.45) is 0 Å². The molecule has 2 N–H and O–H groups in total. The molecule has 1 atom stereocenters. The molecule has 0 aromatic heterocycles. The first-order chi connectivity index (χ1) is 9.88. The van der Waals surface area contributed by atoms with Crippen molar-refractivity contribution >= 4 is 52.3 Å². The van der Waals surface area contributed by atoms with Gasteiger partial charge in [-0.1, -0.05) is 52.5 Å². The summed E-state index contributed by atoms with van der Waals surface area (Å²) in [5.41, 5.74) is 0.425. The summed E-state index contributed by atoms with van der Waals surface area (Å²) in [6.45, 7) is 2.46. The van der Waals surface area contributed by atoms with Gasteiger partial charge in [0, 0.05) is 10.6 Å². The van der Waals surface area contributed by atoms with E-state index in [-0.39, 0.29) is 5.91 Å². The van der Waals surface area contributed by atoms with E-state index in [1.165, 1.54) is 0 Å². The first kappa shape index (κ1) is 17.1. The van der Waals surface area contributed by atoms with E-state index in [4.69, 9.17) is 51.1 Å². The topological polar surface area (TPSA) is 42.8 Å². The fraction of sp³-hybridized carbons (Fsp3) is 0.462. The third-order valence-electron chi connectivity index (χ3n) is 3.23. The first-order valence-corrected chi connectivity index (χ1v) is 7.94. The van der Waals surface area contributed by atoms with Gasteiger partial charge >= 0.3 is 0 Å². The van der Waals surface area contributed by atoms with Crippen molar-refractivity contribution in [3.8, 4) is 0 Å². The molecule has 4 nitrogen and oxygen atoms in total. The Labute approximate surface area is 143 Å². The maximum absolute atomic E-state index is 12.3. The number of alkyl halides is 3. The summed E-state index contributed by atoms with van der Waals surface area (Å²) in [7, 11) is 0. The Kier molecular flexibility index (Phi) is 6.00. The van der Waals surface area contributed by atoms with E-state index in [0.717, 1.165) is 4.90 Å². The van der Waals surface area contributed by atoms with Gasteiger partial charge in [-0.3, -0.25) is 10.1 Å². The minimum atomic E-state index is -1.61. The molecule has 1 amide bonds. The molecule has 21 heavy (non-hydrogen) atoms. The summed E-state index contributed by atoms with van der Waals surface area (Å²) >= 11 is 24.0. The van der Waals surface area contributed by atoms with Crippen molar-refractivity contribution in [2.45, 2.75) is 9.96 Å². The van der Waals surface area contributed by atoms with Crippen molar-refractivity contribution in [3.05, 3.63) is 34.9 Å². The number of ether oxygens (including phenoxy) is 1. The Morgan fingerprint density at radius 3 is 2.52 bits per heavy atom. The van der Waals surface area contributed by atoms with Gasteiger partial charge in [-0.2, -0.15) is 0 Å². The van der Waals surface area contributed by atoms with Crippen LogP contribution in [0, 0.1) is 0 Å². The van der Waals surface area contributed by atoms with Gasteiger partial charge in [0.15, 0.2) is 0 Å². The lowest BCUT2D eigenvalue weighted by molar-refractivity contribution is -0.934. The lowest BCUT2D eigenvalue weighted by atomic mass is 10.2. The van der Waals surface area contributed by atoms with Crippen LogP contribution in [0.3, 0.4) is 0 Å². The number of quaternary nitrogens is 1. The highest BCUT2D eigenvalue weighted by Gasteiger charge is 2.42. The van der Waals surface area contributed by atoms with E-state index >= 15 is 0 Å². The number of nitrogens with one attached hydrogen (secondary N) is 2. The normalized spacial score (nSPS) is 18.3. The van der Waals surface area contributed by atoms with Gasteiger partial charge in [-0.15, -0.1) is 0 Å². The van der Waals surface area contributed by atoms with Gasteiger partial charge in [0.1, 0.15) is 13.1 Å². The second kappa shape index (κ2) is 7.36. The lowest BCUT2D eigenvalue weighted by Crippen LogP contribution is -3.21. The van der Waals surface area contributed by atoms with Crippen LogP contribution in [-0.2, 0) is 4.74 Å². The molecule has 116 valence electrons. The van der Waals surface area contributed by atoms with Crippen molar-refractivity contribution < 1.29 is 14.4 Å². The Balaban J connectivity index is 2.13. The Bertz CT molecular complexity index is 501. The van der Waals surface area contributed by atoms with Crippen LogP contribution in [0.25, 0.3) is 0 Å². The number of benzene rings is 1. The SMILES string of the molecule is O=C(NC([NH+]1CCOCC1)C(Cl)(Cl)Cl)c1cccc(Cl)c1. The standard InChI is InChI=1S/C13H14Cl4N2O2/c14-10-3-1-2-9(8-10)11(20)18-12(13(15,16)17)19-4-6-21-7-5-19/h1-3,8,12H,4-7H2,(H,18,20)/p+1. The van der Waals surface area contributed by atoms with Gasteiger partial charge in [0.25, 0.3) is 9.70 Å². The highest BCUT2D eigenvalue weighted by Crippen LogP contribution is 2.28. The van der Waals surface area contributed by atoms with Crippen LogP contribution in [0.4, 0.5) is 0 Å². The van der Waals surface area contributed by atoms with Gasteiger partial charge in [0.2, 0.25) is 6.17 Å². The molecule has 0 spiro atoms. The zero-order chi connectivity index (χ0) is 15.5. The predicted molar refractivity (Wildman–Crippen MR) is 84.5 cm³/mol. The molecule has 1 fully saturated rings. The van der Waals surface area contributed by atoms with Gasteiger partial charge < -0.3 is 9.64 Å². The number of morpholine rings is 1. The zero-order valence-corrected chi connectivity index (χ0v) is 14.1. The number of hydrogen-bond acceptors (Lipinski definition) is 2. The molecule has 1 aromatic rings. The summed E-state index contributed by atoms with van der Waals surface area (Å²) in [6, 6.07) is 6.62. The minimum absolute atomic E-state index is 0.326. The number of rotatable bonds is 3. The molecule has 0 bridgehead atoms. The Morgan fingerprint density at radius 2 is 1.95 bits per heavy atom. The third-order valence-corrected chi connectivity index (χ3v) is 4.12. The second-order valence-corrected chi connectivity index (χ2v) is 7.53. The van der Waals surface area contributed by atoms with Crippen LogP contribution in [0.15, 0.2) is 24.3 Å². The van der Waals surface area contributed by atoms with E-state index in [9.17, 15) is 4.79 Å². The highest BCUT2D eigenvalue weighted by molar-refractivity contribution is 6.68. The van der Waals surface area contributed by atoms with Crippen LogP contribution in [0.5, 0.6) is 0 Å². The molecule has 0 saturated carbocycles. The maximum atomic E-state index is 12.3. The highest BCUT2D eigenvalue weighted by atomic mass is 35.6. The van der Waals surface area contributed by atoms with E-state index in [1.807, 2.05) is 0 Å². The largest absolute Gasteiger partial charge is 0.370 e. The average molecular weight is 373 g/mol. The summed E-state index contributed by atoms with van der Waals surface area (Å²) < 4.78 is 3.68. The number of carbonyl (C=O) groups excluding carboxylic acids is 1. The molecule has 1 aromatic carbocycles. The van der Waals surface area contributed by atoms with Gasteiger partial charge in [-0.25, -0.2) is 0 Å². The molecule has 0 radical (unpaired) electrons. The maximum Gasteiger partial charge on any atom is 0.262 e. The fourth-order valence-corrected chi connectivity index (χ4v) is 3.00. The molecule has 1 aliphatic heterocycles. The van der Waals surface area contributed by atoms with Crippen LogP contribution in [0.1, 0.15) is 10.4 Å². The quantitative estimate of drug-likeness (QED) is 0.793. The molecule has 0 aliphatic carbocycles. The number of carbonyl (C=O) groups is 1. The summed E-state index contributed by atoms with van der Waals surface area (Å²) in [5.74, 6) is -0.326. The third kappa shape index (κ3) is 4.88. The molecule has 1 unspecified atom stereocenters. The molecular weight excluding hydrogens is 358 g/mol. The average Bonchev–Trinajstić information content (AvgIpc) is 2.44. The number of amides is 1. The predicted octanol–water partition coefficient (Wildman–Crippen LogP) is 1.68. The minimum Gasteiger partial charge on any atom is -0.370 e. The smallest absolute Gasteiger partial charge is 0.262 e. The van der Waals surface area contributed by atoms with Crippen LogP contribution in [0.2, 0.25) is 5.02 Å². The molecule has 1 saturated heterocycles.